The Morgan fingerprint density at radius 1 is 1.42 bits per heavy atom. The zero-order valence-corrected chi connectivity index (χ0v) is 12.3. The van der Waals surface area contributed by atoms with Crippen molar-refractivity contribution in [1.29, 1.82) is 0 Å². The van der Waals surface area contributed by atoms with E-state index in [4.69, 9.17) is 9.84 Å². The van der Waals surface area contributed by atoms with Gasteiger partial charge in [-0.3, -0.25) is 9.59 Å². The molecule has 0 aromatic heterocycles. The second-order valence-electron chi connectivity index (χ2n) is 6.72. The lowest BCUT2D eigenvalue weighted by Gasteiger charge is -2.29. The van der Waals surface area contributed by atoms with Crippen molar-refractivity contribution in [2.45, 2.75) is 65.0 Å². The quantitative estimate of drug-likeness (QED) is 0.801. The van der Waals surface area contributed by atoms with Crippen LogP contribution in [0.25, 0.3) is 0 Å². The number of hydrogen-bond donors (Lipinski definition) is 2. The lowest BCUT2D eigenvalue weighted by atomic mass is 9.86. The van der Waals surface area contributed by atoms with Crippen LogP contribution in [0.4, 0.5) is 0 Å². The normalized spacial score (nSPS) is 25.1. The average Bonchev–Trinajstić information content (AvgIpc) is 2.62. The summed E-state index contributed by atoms with van der Waals surface area (Å²) in [5.74, 6) is -1.09. The molecule has 1 rings (SSSR count). The Kier molecular flexibility index (Phi) is 4.96. The maximum absolute atomic E-state index is 12.2. The Morgan fingerprint density at radius 3 is 2.47 bits per heavy atom. The van der Waals surface area contributed by atoms with Gasteiger partial charge in [-0.15, -0.1) is 0 Å². The maximum Gasteiger partial charge on any atom is 0.305 e. The van der Waals surface area contributed by atoms with Gasteiger partial charge in [-0.25, -0.2) is 0 Å². The molecule has 5 nitrogen and oxygen atoms in total. The van der Waals surface area contributed by atoms with Gasteiger partial charge in [0.25, 0.3) is 5.91 Å². The monoisotopic (exact) mass is 271 g/mol. The summed E-state index contributed by atoms with van der Waals surface area (Å²) in [5.41, 5.74) is -0.834. The first-order valence-electron chi connectivity index (χ1n) is 6.79. The minimum atomic E-state index is -0.896. The summed E-state index contributed by atoms with van der Waals surface area (Å²) >= 11 is 0. The number of aliphatic carboxylic acids is 1. The third-order valence-electron chi connectivity index (χ3n) is 3.31. The Balaban J connectivity index is 2.65. The second-order valence-corrected chi connectivity index (χ2v) is 6.72. The van der Waals surface area contributed by atoms with Crippen LogP contribution < -0.4 is 5.32 Å². The Bertz CT molecular complexity index is 340. The number of carboxylic acids is 1. The van der Waals surface area contributed by atoms with Crippen molar-refractivity contribution in [3.05, 3.63) is 0 Å². The fraction of sp³-hybridized carbons (Fsp3) is 0.857. The van der Waals surface area contributed by atoms with Crippen LogP contribution in [0.2, 0.25) is 0 Å². The summed E-state index contributed by atoms with van der Waals surface area (Å²) in [5, 5.41) is 11.8. The summed E-state index contributed by atoms with van der Waals surface area (Å²) in [6.45, 7) is 8.45. The van der Waals surface area contributed by atoms with Gasteiger partial charge in [0.15, 0.2) is 0 Å². The third-order valence-corrected chi connectivity index (χ3v) is 3.31. The van der Waals surface area contributed by atoms with Gasteiger partial charge < -0.3 is 15.2 Å². The molecule has 1 aliphatic rings. The van der Waals surface area contributed by atoms with E-state index in [0.717, 1.165) is 6.42 Å². The van der Waals surface area contributed by atoms with Gasteiger partial charge >= 0.3 is 5.97 Å². The van der Waals surface area contributed by atoms with E-state index in [1.807, 2.05) is 20.8 Å². The molecule has 2 unspecified atom stereocenters. The molecule has 1 amide bonds. The molecule has 0 spiro atoms. The van der Waals surface area contributed by atoms with E-state index >= 15 is 0 Å². The highest BCUT2D eigenvalue weighted by Crippen LogP contribution is 2.27. The largest absolute Gasteiger partial charge is 0.481 e. The SMILES string of the molecule is CC(C)(C)CC(CC(=O)O)NC(=O)C1(C)CCCO1. The molecule has 1 saturated heterocycles. The van der Waals surface area contributed by atoms with Crippen LogP contribution in [0.15, 0.2) is 0 Å². The molecule has 0 aliphatic carbocycles. The molecule has 110 valence electrons. The van der Waals surface area contributed by atoms with Crippen LogP contribution >= 0.6 is 0 Å². The van der Waals surface area contributed by atoms with Crippen LogP contribution in [0.5, 0.6) is 0 Å². The summed E-state index contributed by atoms with van der Waals surface area (Å²) in [6, 6.07) is -0.356. The number of rotatable bonds is 5. The molecule has 1 heterocycles. The van der Waals surface area contributed by atoms with Crippen LogP contribution in [0.1, 0.15) is 53.4 Å². The second kappa shape index (κ2) is 5.90. The van der Waals surface area contributed by atoms with Crippen molar-refractivity contribution >= 4 is 11.9 Å². The molecule has 1 fully saturated rings. The van der Waals surface area contributed by atoms with Crippen molar-refractivity contribution in [3.63, 3.8) is 0 Å². The number of carboxylic acid groups (broad SMARTS) is 1. The van der Waals surface area contributed by atoms with E-state index in [0.29, 0.717) is 19.4 Å². The van der Waals surface area contributed by atoms with Crippen LogP contribution in [-0.4, -0.2) is 35.2 Å². The highest BCUT2D eigenvalue weighted by molar-refractivity contribution is 5.85. The van der Waals surface area contributed by atoms with Crippen molar-refractivity contribution in [1.82, 2.24) is 5.32 Å². The smallest absolute Gasteiger partial charge is 0.305 e. The Hall–Kier alpha value is -1.10. The topological polar surface area (TPSA) is 75.6 Å². The zero-order valence-electron chi connectivity index (χ0n) is 12.3. The minimum absolute atomic E-state index is 0.0369. The van der Waals surface area contributed by atoms with E-state index in [9.17, 15) is 9.59 Å². The number of nitrogens with one attached hydrogen (secondary N) is 1. The van der Waals surface area contributed by atoms with Crippen LogP contribution in [0, 0.1) is 5.41 Å². The summed E-state index contributed by atoms with van der Waals surface area (Å²) in [4.78, 5) is 23.1. The molecule has 1 aliphatic heterocycles. The third kappa shape index (κ3) is 5.19. The van der Waals surface area contributed by atoms with Crippen molar-refractivity contribution in [2.24, 2.45) is 5.41 Å². The number of ether oxygens (including phenoxy) is 1. The van der Waals surface area contributed by atoms with E-state index in [1.165, 1.54) is 0 Å². The van der Waals surface area contributed by atoms with Crippen molar-refractivity contribution in [3.8, 4) is 0 Å². The molecule has 19 heavy (non-hydrogen) atoms. The van der Waals surface area contributed by atoms with Gasteiger partial charge in [0, 0.05) is 12.6 Å². The van der Waals surface area contributed by atoms with Gasteiger partial charge in [-0.05, 0) is 31.6 Å². The zero-order chi connectivity index (χ0) is 14.7. The van der Waals surface area contributed by atoms with Crippen LogP contribution in [-0.2, 0) is 14.3 Å². The van der Waals surface area contributed by atoms with E-state index in [1.54, 1.807) is 6.92 Å². The average molecular weight is 271 g/mol. The fourth-order valence-electron chi connectivity index (χ4n) is 2.42. The molecule has 2 N–H and O–H groups in total. The first-order valence-corrected chi connectivity index (χ1v) is 6.79. The first-order chi connectivity index (χ1) is 8.62. The maximum atomic E-state index is 12.2. The molecule has 0 saturated carbocycles. The van der Waals surface area contributed by atoms with Crippen molar-refractivity contribution < 1.29 is 19.4 Å². The Morgan fingerprint density at radius 2 is 2.05 bits per heavy atom. The van der Waals surface area contributed by atoms with E-state index < -0.39 is 11.6 Å². The molecule has 0 bridgehead atoms. The van der Waals surface area contributed by atoms with Gasteiger partial charge in [-0.1, -0.05) is 20.8 Å². The molecule has 0 aromatic carbocycles. The number of hydrogen-bond acceptors (Lipinski definition) is 3. The predicted octanol–water partition coefficient (Wildman–Crippen LogP) is 1.95. The van der Waals surface area contributed by atoms with E-state index in [-0.39, 0.29) is 23.8 Å². The molecular formula is C14H25NO4. The Labute approximate surface area is 114 Å². The highest BCUT2D eigenvalue weighted by atomic mass is 16.5. The number of carbonyl (C=O) groups excluding carboxylic acids is 1. The first kappa shape index (κ1) is 16.0. The summed E-state index contributed by atoms with van der Waals surface area (Å²) < 4.78 is 5.48. The highest BCUT2D eigenvalue weighted by Gasteiger charge is 2.39. The minimum Gasteiger partial charge on any atom is -0.481 e. The predicted molar refractivity (Wildman–Crippen MR) is 71.8 cm³/mol. The standard InChI is InChI=1S/C14H25NO4/c1-13(2,3)9-10(8-11(16)17)15-12(18)14(4)6-5-7-19-14/h10H,5-9H2,1-4H3,(H,15,18)(H,16,17). The van der Waals surface area contributed by atoms with Crippen LogP contribution in [0.3, 0.4) is 0 Å². The molecule has 0 radical (unpaired) electrons. The van der Waals surface area contributed by atoms with Gasteiger partial charge in [0.1, 0.15) is 5.60 Å². The van der Waals surface area contributed by atoms with Gasteiger partial charge in [-0.2, -0.15) is 0 Å². The molecule has 0 aromatic rings. The fourth-order valence-corrected chi connectivity index (χ4v) is 2.42. The molecular weight excluding hydrogens is 246 g/mol. The van der Waals surface area contributed by atoms with E-state index in [2.05, 4.69) is 5.32 Å². The summed E-state index contributed by atoms with van der Waals surface area (Å²) in [6.07, 6.45) is 2.13. The van der Waals surface area contributed by atoms with Gasteiger partial charge in [0.05, 0.1) is 6.42 Å². The molecule has 2 atom stereocenters. The van der Waals surface area contributed by atoms with Crippen molar-refractivity contribution in [2.75, 3.05) is 6.61 Å². The number of carbonyl (C=O) groups is 2. The van der Waals surface area contributed by atoms with Gasteiger partial charge in [0.2, 0.25) is 0 Å². The lowest BCUT2D eigenvalue weighted by Crippen LogP contribution is -2.49. The molecule has 5 heteroatoms. The lowest BCUT2D eigenvalue weighted by molar-refractivity contribution is -0.142. The number of amides is 1. The summed E-state index contributed by atoms with van der Waals surface area (Å²) in [7, 11) is 0.